The van der Waals surface area contributed by atoms with Crippen LogP contribution < -0.4 is 5.32 Å². The molecule has 1 heterocycles. The molecule has 102 valence electrons. The molecule has 0 saturated carbocycles. The van der Waals surface area contributed by atoms with Gasteiger partial charge < -0.3 is 5.32 Å². The Kier molecular flexibility index (Phi) is 4.14. The van der Waals surface area contributed by atoms with Crippen molar-refractivity contribution in [3.8, 4) is 0 Å². The normalized spacial score (nSPS) is 12.4. The molecular weight excluding hydrogens is 248 g/mol. The summed E-state index contributed by atoms with van der Waals surface area (Å²) >= 11 is 0. The van der Waals surface area contributed by atoms with Gasteiger partial charge in [0.1, 0.15) is 11.6 Å². The third-order valence-electron chi connectivity index (χ3n) is 3.10. The van der Waals surface area contributed by atoms with E-state index in [-0.39, 0.29) is 5.69 Å². The van der Waals surface area contributed by atoms with E-state index in [9.17, 15) is 8.78 Å². The SMILES string of the molecule is CCC(C)n1ccc(CNc2ccc(F)cc2F)n1. The van der Waals surface area contributed by atoms with Gasteiger partial charge in [-0.05, 0) is 31.5 Å². The van der Waals surface area contributed by atoms with Crippen LogP contribution in [0.5, 0.6) is 0 Å². The predicted octanol–water partition coefficient (Wildman–Crippen LogP) is 3.74. The van der Waals surface area contributed by atoms with Gasteiger partial charge >= 0.3 is 0 Å². The predicted molar refractivity (Wildman–Crippen MR) is 70.9 cm³/mol. The van der Waals surface area contributed by atoms with Crippen LogP contribution in [0.1, 0.15) is 32.0 Å². The Morgan fingerprint density at radius 3 is 2.79 bits per heavy atom. The quantitative estimate of drug-likeness (QED) is 0.892. The monoisotopic (exact) mass is 265 g/mol. The van der Waals surface area contributed by atoms with E-state index in [4.69, 9.17) is 0 Å². The maximum Gasteiger partial charge on any atom is 0.149 e. The Morgan fingerprint density at radius 2 is 2.11 bits per heavy atom. The molecule has 5 heteroatoms. The zero-order valence-corrected chi connectivity index (χ0v) is 11.0. The smallest absolute Gasteiger partial charge is 0.149 e. The molecule has 19 heavy (non-hydrogen) atoms. The fourth-order valence-electron chi connectivity index (χ4n) is 1.72. The summed E-state index contributed by atoms with van der Waals surface area (Å²) in [7, 11) is 0. The van der Waals surface area contributed by atoms with Gasteiger partial charge in [0.15, 0.2) is 0 Å². The largest absolute Gasteiger partial charge is 0.377 e. The van der Waals surface area contributed by atoms with E-state index in [1.807, 2.05) is 16.9 Å². The summed E-state index contributed by atoms with van der Waals surface area (Å²) in [6, 6.07) is 5.71. The molecule has 0 amide bonds. The number of hydrogen-bond donors (Lipinski definition) is 1. The minimum atomic E-state index is -0.596. The highest BCUT2D eigenvalue weighted by Gasteiger charge is 2.06. The van der Waals surface area contributed by atoms with Crippen molar-refractivity contribution in [1.29, 1.82) is 0 Å². The summed E-state index contributed by atoms with van der Waals surface area (Å²) in [5.41, 5.74) is 1.10. The first-order valence-corrected chi connectivity index (χ1v) is 6.33. The molecule has 0 spiro atoms. The van der Waals surface area contributed by atoms with Crippen LogP contribution in [0.25, 0.3) is 0 Å². The highest BCUT2D eigenvalue weighted by atomic mass is 19.1. The van der Waals surface area contributed by atoms with Crippen LogP contribution in [-0.4, -0.2) is 9.78 Å². The molecule has 1 atom stereocenters. The number of aromatic nitrogens is 2. The Hall–Kier alpha value is -1.91. The van der Waals surface area contributed by atoms with Gasteiger partial charge in [0, 0.05) is 18.3 Å². The molecule has 0 aliphatic carbocycles. The molecule has 1 aromatic carbocycles. The van der Waals surface area contributed by atoms with Gasteiger partial charge in [-0.15, -0.1) is 0 Å². The van der Waals surface area contributed by atoms with Crippen molar-refractivity contribution in [2.24, 2.45) is 0 Å². The fourth-order valence-corrected chi connectivity index (χ4v) is 1.72. The second-order valence-corrected chi connectivity index (χ2v) is 4.52. The summed E-state index contributed by atoms with van der Waals surface area (Å²) in [5, 5.41) is 7.31. The summed E-state index contributed by atoms with van der Waals surface area (Å²) in [6.45, 7) is 4.59. The Bertz CT molecular complexity index is 551. The molecule has 2 aromatic rings. The van der Waals surface area contributed by atoms with E-state index in [1.54, 1.807) is 0 Å². The molecule has 0 aliphatic rings. The first-order chi connectivity index (χ1) is 9.10. The molecule has 1 unspecified atom stereocenters. The standard InChI is InChI=1S/C14H17F2N3/c1-3-10(2)19-7-6-12(18-19)9-17-14-5-4-11(15)8-13(14)16/h4-8,10,17H,3,9H2,1-2H3. The average Bonchev–Trinajstić information content (AvgIpc) is 2.85. The van der Waals surface area contributed by atoms with Crippen LogP contribution in [0.2, 0.25) is 0 Å². The lowest BCUT2D eigenvalue weighted by Crippen LogP contribution is -2.07. The summed E-state index contributed by atoms with van der Waals surface area (Å²) < 4.78 is 28.1. The second kappa shape index (κ2) is 5.82. The van der Waals surface area contributed by atoms with Crippen LogP contribution in [0.4, 0.5) is 14.5 Å². The van der Waals surface area contributed by atoms with Gasteiger partial charge in [0.05, 0.1) is 17.9 Å². The minimum absolute atomic E-state index is 0.277. The molecule has 1 N–H and O–H groups in total. The first kappa shape index (κ1) is 13.5. The molecule has 2 rings (SSSR count). The van der Waals surface area contributed by atoms with E-state index in [0.717, 1.165) is 18.2 Å². The van der Waals surface area contributed by atoms with E-state index < -0.39 is 11.6 Å². The number of halogens is 2. The number of anilines is 1. The molecule has 1 aromatic heterocycles. The van der Waals surface area contributed by atoms with Crippen LogP contribution in [0.15, 0.2) is 30.5 Å². The van der Waals surface area contributed by atoms with E-state index in [1.165, 1.54) is 12.1 Å². The van der Waals surface area contributed by atoms with Crippen molar-refractivity contribution in [1.82, 2.24) is 9.78 Å². The lowest BCUT2D eigenvalue weighted by atomic mass is 10.3. The second-order valence-electron chi connectivity index (χ2n) is 4.52. The van der Waals surface area contributed by atoms with Gasteiger partial charge in [0.25, 0.3) is 0 Å². The molecule has 0 saturated heterocycles. The molecule has 0 bridgehead atoms. The number of rotatable bonds is 5. The number of nitrogens with zero attached hydrogens (tertiary/aromatic N) is 2. The van der Waals surface area contributed by atoms with Crippen LogP contribution in [0.3, 0.4) is 0 Å². The summed E-state index contributed by atoms with van der Waals surface area (Å²) in [4.78, 5) is 0. The lowest BCUT2D eigenvalue weighted by molar-refractivity contribution is 0.474. The van der Waals surface area contributed by atoms with Crippen LogP contribution >= 0.6 is 0 Å². The Balaban J connectivity index is 2.00. The summed E-state index contributed by atoms with van der Waals surface area (Å²) in [6.07, 6.45) is 2.91. The van der Waals surface area contributed by atoms with Crippen LogP contribution in [-0.2, 0) is 6.54 Å². The molecule has 0 radical (unpaired) electrons. The minimum Gasteiger partial charge on any atom is -0.377 e. The van der Waals surface area contributed by atoms with E-state index >= 15 is 0 Å². The zero-order chi connectivity index (χ0) is 13.8. The van der Waals surface area contributed by atoms with Crippen LogP contribution in [0, 0.1) is 11.6 Å². The highest BCUT2D eigenvalue weighted by Crippen LogP contribution is 2.16. The van der Waals surface area contributed by atoms with Crippen molar-refractivity contribution in [3.05, 3.63) is 47.8 Å². The molecular formula is C14H17F2N3. The lowest BCUT2D eigenvalue weighted by Gasteiger charge is -2.09. The highest BCUT2D eigenvalue weighted by molar-refractivity contribution is 5.44. The molecule has 3 nitrogen and oxygen atoms in total. The Morgan fingerprint density at radius 1 is 1.32 bits per heavy atom. The first-order valence-electron chi connectivity index (χ1n) is 6.33. The third kappa shape index (κ3) is 3.30. The summed E-state index contributed by atoms with van der Waals surface area (Å²) in [5.74, 6) is -1.18. The third-order valence-corrected chi connectivity index (χ3v) is 3.10. The van der Waals surface area contributed by atoms with Crippen molar-refractivity contribution >= 4 is 5.69 Å². The maximum absolute atomic E-state index is 13.4. The number of hydrogen-bond acceptors (Lipinski definition) is 2. The number of nitrogens with one attached hydrogen (secondary N) is 1. The molecule has 0 aliphatic heterocycles. The van der Waals surface area contributed by atoms with Crippen molar-refractivity contribution < 1.29 is 8.78 Å². The maximum atomic E-state index is 13.4. The Labute approximate surface area is 111 Å². The molecule has 0 fully saturated rings. The van der Waals surface area contributed by atoms with Gasteiger partial charge in [-0.3, -0.25) is 4.68 Å². The van der Waals surface area contributed by atoms with Gasteiger partial charge in [-0.2, -0.15) is 5.10 Å². The number of benzene rings is 1. The topological polar surface area (TPSA) is 29.9 Å². The van der Waals surface area contributed by atoms with E-state index in [2.05, 4.69) is 24.3 Å². The fraction of sp³-hybridized carbons (Fsp3) is 0.357. The van der Waals surface area contributed by atoms with Gasteiger partial charge in [0.2, 0.25) is 0 Å². The van der Waals surface area contributed by atoms with Crippen molar-refractivity contribution in [3.63, 3.8) is 0 Å². The van der Waals surface area contributed by atoms with Crippen molar-refractivity contribution in [2.45, 2.75) is 32.9 Å². The van der Waals surface area contributed by atoms with Gasteiger partial charge in [-0.1, -0.05) is 6.92 Å². The van der Waals surface area contributed by atoms with Gasteiger partial charge in [-0.25, -0.2) is 8.78 Å². The van der Waals surface area contributed by atoms with Crippen molar-refractivity contribution in [2.75, 3.05) is 5.32 Å². The zero-order valence-electron chi connectivity index (χ0n) is 11.0. The van der Waals surface area contributed by atoms with E-state index in [0.29, 0.717) is 12.6 Å². The average molecular weight is 265 g/mol.